The number of hydrogen-bond acceptors (Lipinski definition) is 2. The van der Waals surface area contributed by atoms with Crippen LogP contribution < -0.4 is 4.74 Å². The van der Waals surface area contributed by atoms with Crippen molar-refractivity contribution >= 4 is 11.6 Å². The van der Waals surface area contributed by atoms with Gasteiger partial charge in [-0.2, -0.15) is 0 Å². The van der Waals surface area contributed by atoms with Crippen molar-refractivity contribution in [3.05, 3.63) is 29.3 Å². The summed E-state index contributed by atoms with van der Waals surface area (Å²) in [5.41, 5.74) is 2.29. The zero-order valence-corrected chi connectivity index (χ0v) is 12.1. The van der Waals surface area contributed by atoms with Crippen LogP contribution in [0.5, 0.6) is 5.75 Å². The van der Waals surface area contributed by atoms with Crippen molar-refractivity contribution in [1.29, 1.82) is 0 Å². The highest BCUT2D eigenvalue weighted by Gasteiger charge is 2.38. The van der Waals surface area contributed by atoms with Gasteiger partial charge in [0.25, 0.3) is 0 Å². The van der Waals surface area contributed by atoms with Gasteiger partial charge in [-0.25, -0.2) is 0 Å². The van der Waals surface area contributed by atoms with E-state index in [0.29, 0.717) is 0 Å². The smallest absolute Gasteiger partial charge is 0.121 e. The van der Waals surface area contributed by atoms with E-state index >= 15 is 0 Å². The van der Waals surface area contributed by atoms with Crippen molar-refractivity contribution in [1.82, 2.24) is 0 Å². The molecule has 0 amide bonds. The number of rotatable bonds is 5. The molecule has 0 aliphatic heterocycles. The van der Waals surface area contributed by atoms with Gasteiger partial charge in [0.2, 0.25) is 0 Å². The molecule has 0 heterocycles. The van der Waals surface area contributed by atoms with Crippen LogP contribution in [0.1, 0.15) is 42.2 Å². The van der Waals surface area contributed by atoms with Crippen LogP contribution in [-0.4, -0.2) is 19.8 Å². The minimum Gasteiger partial charge on any atom is -0.496 e. The SMILES string of the molecule is COc1ccc(C(Cl)CC2(OC)CCC2)cc1C. The lowest BCUT2D eigenvalue weighted by Gasteiger charge is -2.41. The van der Waals surface area contributed by atoms with Crippen LogP contribution in [-0.2, 0) is 4.74 Å². The van der Waals surface area contributed by atoms with E-state index in [-0.39, 0.29) is 11.0 Å². The predicted octanol–water partition coefficient (Wildman–Crippen LogP) is 4.24. The van der Waals surface area contributed by atoms with Gasteiger partial charge >= 0.3 is 0 Å². The second-order valence-electron chi connectivity index (χ2n) is 5.14. The fourth-order valence-corrected chi connectivity index (χ4v) is 3.02. The van der Waals surface area contributed by atoms with E-state index in [1.807, 2.05) is 19.1 Å². The second kappa shape index (κ2) is 5.50. The largest absolute Gasteiger partial charge is 0.496 e. The average Bonchev–Trinajstić information content (AvgIpc) is 2.33. The fraction of sp³-hybridized carbons (Fsp3) is 0.600. The van der Waals surface area contributed by atoms with Crippen molar-refractivity contribution in [2.75, 3.05) is 14.2 Å². The molecule has 0 aromatic heterocycles. The topological polar surface area (TPSA) is 18.5 Å². The molecule has 2 rings (SSSR count). The molecule has 0 radical (unpaired) electrons. The number of methoxy groups -OCH3 is 2. The normalized spacial score (nSPS) is 19.1. The van der Waals surface area contributed by atoms with Crippen LogP contribution in [0.4, 0.5) is 0 Å². The molecule has 0 saturated heterocycles. The number of hydrogen-bond donors (Lipinski definition) is 0. The molecule has 1 fully saturated rings. The average molecular weight is 269 g/mol. The summed E-state index contributed by atoms with van der Waals surface area (Å²) in [6.45, 7) is 2.04. The molecule has 1 atom stereocenters. The molecule has 1 aliphatic carbocycles. The summed E-state index contributed by atoms with van der Waals surface area (Å²) in [5, 5.41) is 0.00913. The van der Waals surface area contributed by atoms with Crippen LogP contribution in [0.25, 0.3) is 0 Å². The Labute approximate surface area is 114 Å². The van der Waals surface area contributed by atoms with E-state index in [0.717, 1.165) is 36.1 Å². The van der Waals surface area contributed by atoms with Crippen molar-refractivity contribution in [2.24, 2.45) is 0 Å². The van der Waals surface area contributed by atoms with Gasteiger partial charge in [-0.05, 0) is 49.8 Å². The van der Waals surface area contributed by atoms with E-state index in [1.54, 1.807) is 14.2 Å². The molecule has 0 bridgehead atoms. The van der Waals surface area contributed by atoms with Crippen molar-refractivity contribution in [3.8, 4) is 5.75 Å². The van der Waals surface area contributed by atoms with Crippen LogP contribution in [0.3, 0.4) is 0 Å². The minimum atomic E-state index is 0.00913. The van der Waals surface area contributed by atoms with Crippen molar-refractivity contribution in [3.63, 3.8) is 0 Å². The Morgan fingerprint density at radius 3 is 2.50 bits per heavy atom. The lowest BCUT2D eigenvalue weighted by Crippen LogP contribution is -2.39. The molecular weight excluding hydrogens is 248 g/mol. The Kier molecular flexibility index (Phi) is 4.18. The van der Waals surface area contributed by atoms with E-state index in [9.17, 15) is 0 Å². The van der Waals surface area contributed by atoms with Gasteiger partial charge in [0.05, 0.1) is 18.1 Å². The fourth-order valence-electron chi connectivity index (χ4n) is 2.60. The molecular formula is C15H21ClO2. The molecule has 1 saturated carbocycles. The Bertz CT molecular complexity index is 407. The van der Waals surface area contributed by atoms with Crippen molar-refractivity contribution in [2.45, 2.75) is 43.6 Å². The summed E-state index contributed by atoms with van der Waals surface area (Å²) in [6, 6.07) is 6.14. The minimum absolute atomic E-state index is 0.00913. The number of benzene rings is 1. The van der Waals surface area contributed by atoms with Crippen LogP contribution >= 0.6 is 11.6 Å². The first kappa shape index (κ1) is 13.7. The third-order valence-electron chi connectivity index (χ3n) is 4.03. The maximum atomic E-state index is 6.53. The van der Waals surface area contributed by atoms with Crippen LogP contribution in [0.2, 0.25) is 0 Å². The third-order valence-corrected chi connectivity index (χ3v) is 4.44. The number of ether oxygens (including phenoxy) is 2. The Morgan fingerprint density at radius 1 is 1.33 bits per heavy atom. The summed E-state index contributed by atoms with van der Waals surface area (Å²) in [4.78, 5) is 0. The summed E-state index contributed by atoms with van der Waals surface area (Å²) < 4.78 is 10.9. The first-order valence-corrected chi connectivity index (χ1v) is 6.88. The second-order valence-corrected chi connectivity index (χ2v) is 5.67. The quantitative estimate of drug-likeness (QED) is 0.744. The highest BCUT2D eigenvalue weighted by atomic mass is 35.5. The molecule has 1 aromatic carbocycles. The number of aryl methyl sites for hydroxylation is 1. The lowest BCUT2D eigenvalue weighted by molar-refractivity contribution is -0.0780. The van der Waals surface area contributed by atoms with Gasteiger partial charge in [-0.3, -0.25) is 0 Å². The van der Waals surface area contributed by atoms with Gasteiger partial charge in [-0.15, -0.1) is 11.6 Å². The molecule has 18 heavy (non-hydrogen) atoms. The van der Waals surface area contributed by atoms with Gasteiger partial charge < -0.3 is 9.47 Å². The van der Waals surface area contributed by atoms with E-state index < -0.39 is 0 Å². The van der Waals surface area contributed by atoms with Crippen LogP contribution in [0, 0.1) is 6.92 Å². The first-order valence-electron chi connectivity index (χ1n) is 6.44. The van der Waals surface area contributed by atoms with Gasteiger partial charge in [-0.1, -0.05) is 12.1 Å². The zero-order chi connectivity index (χ0) is 13.2. The molecule has 1 unspecified atom stereocenters. The van der Waals surface area contributed by atoms with E-state index in [2.05, 4.69) is 6.07 Å². The summed E-state index contributed by atoms with van der Waals surface area (Å²) in [7, 11) is 3.48. The van der Waals surface area contributed by atoms with Gasteiger partial charge in [0, 0.05) is 7.11 Å². The Morgan fingerprint density at radius 2 is 2.06 bits per heavy atom. The Balaban J connectivity index is 2.09. The molecule has 2 nitrogen and oxygen atoms in total. The number of alkyl halides is 1. The first-order chi connectivity index (χ1) is 8.60. The predicted molar refractivity (Wildman–Crippen MR) is 74.5 cm³/mol. The molecule has 1 aliphatic rings. The van der Waals surface area contributed by atoms with Gasteiger partial charge in [0.15, 0.2) is 0 Å². The molecule has 0 spiro atoms. The van der Waals surface area contributed by atoms with E-state index in [1.165, 1.54) is 6.42 Å². The Hall–Kier alpha value is -0.730. The summed E-state index contributed by atoms with van der Waals surface area (Å²) in [6.07, 6.45) is 4.39. The lowest BCUT2D eigenvalue weighted by atomic mass is 9.76. The van der Waals surface area contributed by atoms with E-state index in [4.69, 9.17) is 21.1 Å². The van der Waals surface area contributed by atoms with Crippen molar-refractivity contribution < 1.29 is 9.47 Å². The third kappa shape index (κ3) is 2.65. The highest BCUT2D eigenvalue weighted by molar-refractivity contribution is 6.20. The highest BCUT2D eigenvalue weighted by Crippen LogP contribution is 2.44. The summed E-state index contributed by atoms with van der Waals surface area (Å²) in [5.74, 6) is 0.910. The standard InChI is InChI=1S/C15H21ClO2/c1-11-9-12(5-6-14(11)17-2)13(16)10-15(18-3)7-4-8-15/h5-6,9,13H,4,7-8,10H2,1-3H3. The maximum absolute atomic E-state index is 6.53. The molecule has 0 N–H and O–H groups in total. The molecule has 3 heteroatoms. The number of halogens is 1. The van der Waals surface area contributed by atoms with Crippen LogP contribution in [0.15, 0.2) is 18.2 Å². The molecule has 1 aromatic rings. The maximum Gasteiger partial charge on any atom is 0.121 e. The summed E-state index contributed by atoms with van der Waals surface area (Å²) >= 11 is 6.53. The monoisotopic (exact) mass is 268 g/mol. The zero-order valence-electron chi connectivity index (χ0n) is 11.3. The van der Waals surface area contributed by atoms with Gasteiger partial charge in [0.1, 0.15) is 5.75 Å². The molecule has 100 valence electrons.